The molecule has 2 rings (SSSR count). The Kier molecular flexibility index (Phi) is 5.05. The van der Waals surface area contributed by atoms with Gasteiger partial charge < -0.3 is 8.92 Å². The van der Waals surface area contributed by atoms with E-state index < -0.39 is 16.1 Å². The molecule has 124 valence electrons. The quantitative estimate of drug-likeness (QED) is 0.591. The molecule has 0 aliphatic rings. The van der Waals surface area contributed by atoms with E-state index in [1.54, 1.807) is 18.2 Å². The lowest BCUT2D eigenvalue weighted by molar-refractivity contribution is 0.0583. The third kappa shape index (κ3) is 3.53. The van der Waals surface area contributed by atoms with Crippen LogP contribution in [0.1, 0.15) is 29.4 Å². The van der Waals surface area contributed by atoms with Crippen molar-refractivity contribution in [3.63, 3.8) is 0 Å². The molecule has 2 aromatic rings. The summed E-state index contributed by atoms with van der Waals surface area (Å²) < 4.78 is 36.0. The number of aryl methyl sites for hydroxylation is 2. The number of hydrogen-bond donors (Lipinski definition) is 0. The average molecular weight is 338 g/mol. The van der Waals surface area contributed by atoms with E-state index in [0.717, 1.165) is 22.9 Å². The van der Waals surface area contributed by atoms with E-state index in [-0.39, 0.29) is 16.3 Å². The minimum Gasteiger partial charge on any atom is -0.464 e. The Morgan fingerprint density at radius 2 is 2.00 bits per heavy atom. The Labute approximate surface area is 135 Å². The standard InChI is InChI=1S/C15H18N2O5S/c1-4-7-11-8-5-6-9-12(11)22-23(19,20)13-10-16-17(2)14(13)15(18)21-3/h5-6,8-10H,4,7H2,1-3H3. The van der Waals surface area contributed by atoms with Gasteiger partial charge >= 0.3 is 16.1 Å². The number of esters is 1. The summed E-state index contributed by atoms with van der Waals surface area (Å²) in [7, 11) is -1.58. The second kappa shape index (κ2) is 6.82. The first kappa shape index (κ1) is 17.0. The van der Waals surface area contributed by atoms with Crippen LogP contribution in [0, 0.1) is 0 Å². The Morgan fingerprint density at radius 3 is 2.65 bits per heavy atom. The molecule has 0 atom stereocenters. The van der Waals surface area contributed by atoms with Crippen LogP contribution in [0.2, 0.25) is 0 Å². The van der Waals surface area contributed by atoms with Gasteiger partial charge in [-0.1, -0.05) is 31.5 Å². The van der Waals surface area contributed by atoms with E-state index in [2.05, 4.69) is 9.84 Å². The molecule has 0 unspecified atom stereocenters. The molecule has 0 saturated heterocycles. The van der Waals surface area contributed by atoms with E-state index in [9.17, 15) is 13.2 Å². The van der Waals surface area contributed by atoms with Gasteiger partial charge in [0.25, 0.3) is 0 Å². The number of carbonyl (C=O) groups excluding carboxylic acids is 1. The molecule has 1 aromatic carbocycles. The van der Waals surface area contributed by atoms with Crippen molar-refractivity contribution in [1.82, 2.24) is 9.78 Å². The number of ether oxygens (including phenoxy) is 1. The summed E-state index contributed by atoms with van der Waals surface area (Å²) in [5, 5.41) is 3.81. The molecule has 0 bridgehead atoms. The van der Waals surface area contributed by atoms with E-state index in [4.69, 9.17) is 4.18 Å². The Balaban J connectivity index is 2.43. The molecule has 0 aliphatic carbocycles. The Bertz CT molecular complexity index is 811. The highest BCUT2D eigenvalue weighted by Crippen LogP contribution is 2.25. The highest BCUT2D eigenvalue weighted by atomic mass is 32.2. The molecule has 0 N–H and O–H groups in total. The van der Waals surface area contributed by atoms with Crippen molar-refractivity contribution in [2.45, 2.75) is 24.7 Å². The van der Waals surface area contributed by atoms with Gasteiger partial charge in [0.1, 0.15) is 5.75 Å². The predicted octanol–water partition coefficient (Wildman–Crippen LogP) is 1.93. The summed E-state index contributed by atoms with van der Waals surface area (Å²) >= 11 is 0. The lowest BCUT2D eigenvalue weighted by Crippen LogP contribution is -2.17. The van der Waals surface area contributed by atoms with E-state index >= 15 is 0 Å². The molecular formula is C15H18N2O5S. The number of para-hydroxylation sites is 1. The van der Waals surface area contributed by atoms with Crippen molar-refractivity contribution in [2.75, 3.05) is 7.11 Å². The summed E-state index contributed by atoms with van der Waals surface area (Å²) in [5.41, 5.74) is 0.600. The van der Waals surface area contributed by atoms with Crippen LogP contribution < -0.4 is 4.18 Å². The SMILES string of the molecule is CCCc1ccccc1OS(=O)(=O)c1cnn(C)c1C(=O)OC. The van der Waals surface area contributed by atoms with Gasteiger partial charge in [-0.15, -0.1) is 0 Å². The summed E-state index contributed by atoms with van der Waals surface area (Å²) in [5.74, 6) is -0.553. The molecule has 1 heterocycles. The fourth-order valence-corrected chi connectivity index (χ4v) is 3.27. The molecule has 0 saturated carbocycles. The third-order valence-corrected chi connectivity index (χ3v) is 4.48. The van der Waals surface area contributed by atoms with Crippen LogP contribution in [-0.4, -0.2) is 31.3 Å². The lowest BCUT2D eigenvalue weighted by Gasteiger charge is -2.11. The van der Waals surface area contributed by atoms with E-state index in [1.165, 1.54) is 14.2 Å². The monoisotopic (exact) mass is 338 g/mol. The molecule has 0 amide bonds. The first-order valence-electron chi connectivity index (χ1n) is 7.03. The van der Waals surface area contributed by atoms with Crippen molar-refractivity contribution in [2.24, 2.45) is 7.05 Å². The molecule has 1 aromatic heterocycles. The maximum Gasteiger partial charge on any atom is 0.357 e. The molecule has 0 aliphatic heterocycles. The van der Waals surface area contributed by atoms with Gasteiger partial charge in [-0.25, -0.2) is 4.79 Å². The normalized spacial score (nSPS) is 11.3. The van der Waals surface area contributed by atoms with Crippen LogP contribution in [0.25, 0.3) is 0 Å². The molecular weight excluding hydrogens is 320 g/mol. The van der Waals surface area contributed by atoms with Crippen molar-refractivity contribution >= 4 is 16.1 Å². The van der Waals surface area contributed by atoms with Gasteiger partial charge in [0.05, 0.1) is 13.3 Å². The van der Waals surface area contributed by atoms with Crippen LogP contribution in [0.15, 0.2) is 35.4 Å². The molecule has 0 fully saturated rings. The van der Waals surface area contributed by atoms with Crippen LogP contribution >= 0.6 is 0 Å². The summed E-state index contributed by atoms with van der Waals surface area (Å²) in [4.78, 5) is 11.5. The van der Waals surface area contributed by atoms with Gasteiger partial charge in [0.2, 0.25) is 0 Å². The van der Waals surface area contributed by atoms with Crippen LogP contribution in [0.3, 0.4) is 0 Å². The van der Waals surface area contributed by atoms with Gasteiger partial charge in [0, 0.05) is 7.05 Å². The second-order valence-corrected chi connectivity index (χ2v) is 6.38. The Morgan fingerprint density at radius 1 is 1.30 bits per heavy atom. The summed E-state index contributed by atoms with van der Waals surface area (Å²) in [6.45, 7) is 1.99. The number of methoxy groups -OCH3 is 1. The van der Waals surface area contributed by atoms with Crippen molar-refractivity contribution in [3.8, 4) is 5.75 Å². The van der Waals surface area contributed by atoms with Gasteiger partial charge in [-0.2, -0.15) is 13.5 Å². The number of carbonyl (C=O) groups is 1. The van der Waals surface area contributed by atoms with Gasteiger partial charge in [-0.05, 0) is 18.1 Å². The van der Waals surface area contributed by atoms with E-state index in [0.29, 0.717) is 6.42 Å². The van der Waals surface area contributed by atoms with Crippen LogP contribution in [0.4, 0.5) is 0 Å². The minimum atomic E-state index is -4.20. The number of hydrogen-bond acceptors (Lipinski definition) is 6. The lowest BCUT2D eigenvalue weighted by atomic mass is 10.1. The minimum absolute atomic E-state index is 0.180. The number of nitrogens with zero attached hydrogens (tertiary/aromatic N) is 2. The first-order valence-corrected chi connectivity index (χ1v) is 8.44. The molecule has 0 spiro atoms. The predicted molar refractivity (Wildman–Crippen MR) is 82.8 cm³/mol. The third-order valence-electron chi connectivity index (χ3n) is 3.24. The molecule has 23 heavy (non-hydrogen) atoms. The number of benzene rings is 1. The highest BCUT2D eigenvalue weighted by molar-refractivity contribution is 7.87. The number of aromatic nitrogens is 2. The van der Waals surface area contributed by atoms with E-state index in [1.807, 2.05) is 13.0 Å². The fraction of sp³-hybridized carbons (Fsp3) is 0.333. The average Bonchev–Trinajstić information content (AvgIpc) is 2.91. The molecule has 0 radical (unpaired) electrons. The summed E-state index contributed by atoms with van der Waals surface area (Å²) in [6.07, 6.45) is 2.60. The van der Waals surface area contributed by atoms with Gasteiger partial charge in [0.15, 0.2) is 10.6 Å². The van der Waals surface area contributed by atoms with Crippen LogP contribution in [0.5, 0.6) is 5.75 Å². The zero-order chi connectivity index (χ0) is 17.0. The Hall–Kier alpha value is -2.35. The van der Waals surface area contributed by atoms with Crippen LogP contribution in [-0.2, 0) is 28.3 Å². The first-order chi connectivity index (χ1) is 10.9. The smallest absolute Gasteiger partial charge is 0.357 e. The highest BCUT2D eigenvalue weighted by Gasteiger charge is 2.29. The van der Waals surface area contributed by atoms with Crippen molar-refractivity contribution in [3.05, 3.63) is 41.7 Å². The molecule has 8 heteroatoms. The molecule has 7 nitrogen and oxygen atoms in total. The largest absolute Gasteiger partial charge is 0.464 e. The van der Waals surface area contributed by atoms with Crippen molar-refractivity contribution < 1.29 is 22.1 Å². The summed E-state index contributed by atoms with van der Waals surface area (Å²) in [6, 6.07) is 6.89. The zero-order valence-corrected chi connectivity index (χ0v) is 14.0. The zero-order valence-electron chi connectivity index (χ0n) is 13.1. The maximum absolute atomic E-state index is 12.5. The second-order valence-electron chi connectivity index (χ2n) is 4.87. The van der Waals surface area contributed by atoms with Gasteiger partial charge in [-0.3, -0.25) is 4.68 Å². The maximum atomic E-state index is 12.5. The van der Waals surface area contributed by atoms with Crippen molar-refractivity contribution in [1.29, 1.82) is 0 Å². The topological polar surface area (TPSA) is 87.5 Å². The fourth-order valence-electron chi connectivity index (χ4n) is 2.15. The number of rotatable bonds is 6.